The van der Waals surface area contributed by atoms with E-state index in [1.165, 1.54) is 38.5 Å². The minimum atomic E-state index is 0.0820. The average Bonchev–Trinajstić information content (AvgIpc) is 2.51. The van der Waals surface area contributed by atoms with E-state index in [4.69, 9.17) is 4.74 Å². The van der Waals surface area contributed by atoms with Gasteiger partial charge in [-0.05, 0) is 86.5 Å². The number of carbonyl (C=O) groups excluding carboxylic acids is 1. The Balaban J connectivity index is 1.41. The van der Waals surface area contributed by atoms with Crippen LogP contribution in [0.5, 0.6) is 5.75 Å². The lowest BCUT2D eigenvalue weighted by atomic mass is 9.53. The maximum Gasteiger partial charge on any atom is 0.251 e. The van der Waals surface area contributed by atoms with Crippen LogP contribution in [0.3, 0.4) is 0 Å². The summed E-state index contributed by atoms with van der Waals surface area (Å²) in [5.74, 6) is 3.99. The van der Waals surface area contributed by atoms with Gasteiger partial charge in [0.2, 0.25) is 0 Å². The lowest BCUT2D eigenvalue weighted by Gasteiger charge is -2.56. The Morgan fingerprint density at radius 3 is 2.12 bits per heavy atom. The van der Waals surface area contributed by atoms with E-state index in [1.807, 2.05) is 24.3 Å². The summed E-state index contributed by atoms with van der Waals surface area (Å²) in [5.41, 5.74) is 0.834. The average molecular weight is 327 g/mol. The molecule has 3 heteroatoms. The van der Waals surface area contributed by atoms with Gasteiger partial charge in [-0.3, -0.25) is 4.79 Å². The number of hydrogen-bond donors (Lipinski definition) is 1. The van der Waals surface area contributed by atoms with Crippen molar-refractivity contribution in [3.8, 4) is 5.75 Å². The van der Waals surface area contributed by atoms with E-state index in [0.29, 0.717) is 12.5 Å². The molecule has 1 N–H and O–H groups in total. The molecule has 5 rings (SSSR count). The van der Waals surface area contributed by atoms with Gasteiger partial charge in [0, 0.05) is 11.1 Å². The number of carbonyl (C=O) groups is 1. The minimum Gasteiger partial charge on any atom is -0.493 e. The van der Waals surface area contributed by atoms with Crippen molar-refractivity contribution in [1.29, 1.82) is 0 Å². The van der Waals surface area contributed by atoms with Gasteiger partial charge in [0.15, 0.2) is 0 Å². The number of nitrogens with one attached hydrogen (secondary N) is 1. The highest BCUT2D eigenvalue weighted by Crippen LogP contribution is 2.55. The van der Waals surface area contributed by atoms with E-state index in [-0.39, 0.29) is 11.4 Å². The second-order valence-electron chi connectivity index (χ2n) is 8.88. The Morgan fingerprint density at radius 1 is 1.08 bits per heavy atom. The molecule has 0 aliphatic heterocycles. The number of benzene rings is 1. The van der Waals surface area contributed by atoms with Crippen LogP contribution in [0.15, 0.2) is 24.3 Å². The molecule has 1 amide bonds. The summed E-state index contributed by atoms with van der Waals surface area (Å²) < 4.78 is 5.70. The SMILES string of the molecule is CC(C)COc1ccc(C(=O)NC23CC4CC(CC(C4)C2)C3)cc1. The van der Waals surface area contributed by atoms with Crippen LogP contribution in [0, 0.1) is 23.7 Å². The van der Waals surface area contributed by atoms with Crippen LogP contribution in [-0.4, -0.2) is 18.1 Å². The van der Waals surface area contributed by atoms with Gasteiger partial charge >= 0.3 is 0 Å². The molecule has 4 saturated carbocycles. The summed E-state index contributed by atoms with van der Waals surface area (Å²) in [5, 5.41) is 3.43. The highest BCUT2D eigenvalue weighted by Gasteiger charge is 2.51. The summed E-state index contributed by atoms with van der Waals surface area (Å²) in [4.78, 5) is 12.8. The fourth-order valence-corrected chi connectivity index (χ4v) is 5.54. The summed E-state index contributed by atoms with van der Waals surface area (Å²) in [6, 6.07) is 7.62. The third-order valence-electron chi connectivity index (χ3n) is 6.12. The van der Waals surface area contributed by atoms with Gasteiger partial charge in [-0.25, -0.2) is 0 Å². The third-order valence-corrected chi connectivity index (χ3v) is 6.12. The molecule has 0 spiro atoms. The van der Waals surface area contributed by atoms with Crippen LogP contribution in [0.4, 0.5) is 0 Å². The predicted octanol–water partition coefficient (Wildman–Crippen LogP) is 4.42. The molecule has 4 bridgehead atoms. The van der Waals surface area contributed by atoms with Gasteiger partial charge in [-0.15, -0.1) is 0 Å². The molecule has 4 aliphatic carbocycles. The van der Waals surface area contributed by atoms with Gasteiger partial charge in [-0.1, -0.05) is 13.8 Å². The molecule has 0 saturated heterocycles. The van der Waals surface area contributed by atoms with Crippen LogP contribution in [-0.2, 0) is 0 Å². The summed E-state index contributed by atoms with van der Waals surface area (Å²) in [6.07, 6.45) is 7.78. The third kappa shape index (κ3) is 3.18. The zero-order valence-corrected chi connectivity index (χ0v) is 14.9. The van der Waals surface area contributed by atoms with Gasteiger partial charge in [0.1, 0.15) is 5.75 Å². The lowest BCUT2D eigenvalue weighted by Crippen LogP contribution is -2.59. The van der Waals surface area contributed by atoms with Crippen molar-refractivity contribution in [3.05, 3.63) is 29.8 Å². The molecule has 1 aromatic rings. The maximum atomic E-state index is 12.8. The molecule has 1 aromatic carbocycles. The number of rotatable bonds is 5. The monoisotopic (exact) mass is 327 g/mol. The molecular weight excluding hydrogens is 298 g/mol. The second kappa shape index (κ2) is 6.09. The van der Waals surface area contributed by atoms with Crippen LogP contribution in [0.25, 0.3) is 0 Å². The normalized spacial score (nSPS) is 33.7. The summed E-state index contributed by atoms with van der Waals surface area (Å²) in [6.45, 7) is 4.97. The van der Waals surface area contributed by atoms with Crippen molar-refractivity contribution in [2.45, 2.75) is 57.9 Å². The van der Waals surface area contributed by atoms with E-state index in [1.54, 1.807) is 0 Å². The maximum absolute atomic E-state index is 12.8. The van der Waals surface area contributed by atoms with Gasteiger partial charge in [0.05, 0.1) is 6.61 Å². The van der Waals surface area contributed by atoms with Crippen molar-refractivity contribution in [3.63, 3.8) is 0 Å². The van der Waals surface area contributed by atoms with E-state index < -0.39 is 0 Å². The Hall–Kier alpha value is -1.51. The Labute approximate surface area is 145 Å². The molecule has 24 heavy (non-hydrogen) atoms. The van der Waals surface area contributed by atoms with Crippen molar-refractivity contribution in [2.24, 2.45) is 23.7 Å². The summed E-state index contributed by atoms with van der Waals surface area (Å²) in [7, 11) is 0. The summed E-state index contributed by atoms with van der Waals surface area (Å²) >= 11 is 0. The smallest absolute Gasteiger partial charge is 0.251 e. The molecule has 0 aromatic heterocycles. The number of hydrogen-bond acceptors (Lipinski definition) is 2. The van der Waals surface area contributed by atoms with E-state index in [0.717, 1.165) is 29.1 Å². The zero-order valence-electron chi connectivity index (χ0n) is 14.9. The van der Waals surface area contributed by atoms with Crippen LogP contribution in [0.2, 0.25) is 0 Å². The van der Waals surface area contributed by atoms with Crippen LogP contribution >= 0.6 is 0 Å². The number of ether oxygens (including phenoxy) is 1. The van der Waals surface area contributed by atoms with Gasteiger partial charge in [-0.2, -0.15) is 0 Å². The molecule has 4 fully saturated rings. The molecule has 0 radical (unpaired) electrons. The molecule has 130 valence electrons. The minimum absolute atomic E-state index is 0.0820. The Kier molecular flexibility index (Phi) is 4.06. The number of amides is 1. The fourth-order valence-electron chi connectivity index (χ4n) is 5.54. The Bertz CT molecular complexity index is 569. The zero-order chi connectivity index (χ0) is 16.7. The first kappa shape index (κ1) is 16.0. The van der Waals surface area contributed by atoms with Gasteiger partial charge in [0.25, 0.3) is 5.91 Å². The second-order valence-corrected chi connectivity index (χ2v) is 8.88. The lowest BCUT2D eigenvalue weighted by molar-refractivity contribution is -0.0167. The van der Waals surface area contributed by atoms with Crippen molar-refractivity contribution in [1.82, 2.24) is 5.32 Å². The molecule has 0 unspecified atom stereocenters. The highest BCUT2D eigenvalue weighted by molar-refractivity contribution is 5.94. The molecule has 3 nitrogen and oxygen atoms in total. The quantitative estimate of drug-likeness (QED) is 0.869. The van der Waals surface area contributed by atoms with E-state index >= 15 is 0 Å². The first-order valence-corrected chi connectivity index (χ1v) is 9.57. The largest absolute Gasteiger partial charge is 0.493 e. The van der Waals surface area contributed by atoms with Crippen molar-refractivity contribution < 1.29 is 9.53 Å². The first-order chi connectivity index (χ1) is 11.5. The predicted molar refractivity (Wildman–Crippen MR) is 95.1 cm³/mol. The van der Waals surface area contributed by atoms with E-state index in [2.05, 4.69) is 19.2 Å². The molecule has 4 aliphatic rings. The van der Waals surface area contributed by atoms with Gasteiger partial charge < -0.3 is 10.1 Å². The van der Waals surface area contributed by atoms with Crippen molar-refractivity contribution in [2.75, 3.05) is 6.61 Å². The van der Waals surface area contributed by atoms with Crippen LogP contribution < -0.4 is 10.1 Å². The molecular formula is C21H29NO2. The first-order valence-electron chi connectivity index (χ1n) is 9.57. The topological polar surface area (TPSA) is 38.3 Å². The highest BCUT2D eigenvalue weighted by atomic mass is 16.5. The molecule has 0 atom stereocenters. The fraction of sp³-hybridized carbons (Fsp3) is 0.667. The van der Waals surface area contributed by atoms with E-state index in [9.17, 15) is 4.79 Å². The van der Waals surface area contributed by atoms with Crippen molar-refractivity contribution >= 4 is 5.91 Å². The molecule has 0 heterocycles. The van der Waals surface area contributed by atoms with Crippen LogP contribution in [0.1, 0.15) is 62.7 Å². The standard InChI is InChI=1S/C21H29NO2/c1-14(2)13-24-19-5-3-18(4-6-19)20(23)22-21-10-15-7-16(11-21)9-17(8-15)12-21/h3-6,14-17H,7-13H2,1-2H3,(H,22,23). The Morgan fingerprint density at radius 2 is 1.62 bits per heavy atom.